The molecule has 0 amide bonds. The van der Waals surface area contributed by atoms with Crippen molar-refractivity contribution in [2.75, 3.05) is 0 Å². The van der Waals surface area contributed by atoms with Gasteiger partial charge in [-0.1, -0.05) is 52.5 Å². The van der Waals surface area contributed by atoms with Crippen LogP contribution in [0.15, 0.2) is 12.2 Å². The first kappa shape index (κ1) is 14.2. The predicted molar refractivity (Wildman–Crippen MR) is 63.9 cm³/mol. The largest absolute Gasteiger partial charge is 0.478 e. The maximum Gasteiger partial charge on any atom is 0.330 e. The molecule has 0 fully saturated rings. The van der Waals surface area contributed by atoms with Gasteiger partial charge in [-0.25, -0.2) is 4.79 Å². The molecule has 0 aliphatic heterocycles. The SMILES string of the molecule is C=C(CCC(CC)CCCCC)C(=O)O. The third-order valence-corrected chi connectivity index (χ3v) is 2.95. The maximum atomic E-state index is 10.6. The number of hydrogen-bond donors (Lipinski definition) is 1. The average molecular weight is 212 g/mol. The van der Waals surface area contributed by atoms with E-state index >= 15 is 0 Å². The van der Waals surface area contributed by atoms with E-state index in [1.807, 2.05) is 0 Å². The van der Waals surface area contributed by atoms with Gasteiger partial charge in [0.1, 0.15) is 0 Å². The van der Waals surface area contributed by atoms with Crippen LogP contribution >= 0.6 is 0 Å². The molecule has 1 N–H and O–H groups in total. The van der Waals surface area contributed by atoms with Gasteiger partial charge in [0, 0.05) is 5.57 Å². The van der Waals surface area contributed by atoms with E-state index in [0.29, 0.717) is 17.9 Å². The number of rotatable bonds is 9. The minimum Gasteiger partial charge on any atom is -0.478 e. The van der Waals surface area contributed by atoms with Crippen molar-refractivity contribution in [2.24, 2.45) is 5.92 Å². The number of carboxylic acids is 1. The Balaban J connectivity index is 3.69. The van der Waals surface area contributed by atoms with Gasteiger partial charge in [0.25, 0.3) is 0 Å². The van der Waals surface area contributed by atoms with Crippen LogP contribution in [0.3, 0.4) is 0 Å². The van der Waals surface area contributed by atoms with Crippen molar-refractivity contribution in [3.8, 4) is 0 Å². The second-order valence-corrected chi connectivity index (χ2v) is 4.22. The number of carboxylic acid groups (broad SMARTS) is 1. The average Bonchev–Trinajstić information content (AvgIpc) is 2.22. The summed E-state index contributed by atoms with van der Waals surface area (Å²) in [6.45, 7) is 7.94. The summed E-state index contributed by atoms with van der Waals surface area (Å²) in [5.41, 5.74) is 0.351. The van der Waals surface area contributed by atoms with Crippen LogP contribution in [0.2, 0.25) is 0 Å². The Morgan fingerprint density at radius 3 is 2.40 bits per heavy atom. The molecule has 2 nitrogen and oxygen atoms in total. The summed E-state index contributed by atoms with van der Waals surface area (Å²) in [4.78, 5) is 10.6. The summed E-state index contributed by atoms with van der Waals surface area (Å²) in [5, 5.41) is 8.68. The molecule has 0 bridgehead atoms. The molecule has 0 spiro atoms. The van der Waals surface area contributed by atoms with E-state index in [0.717, 1.165) is 12.8 Å². The van der Waals surface area contributed by atoms with Crippen molar-refractivity contribution < 1.29 is 9.90 Å². The maximum absolute atomic E-state index is 10.6. The molecular weight excluding hydrogens is 188 g/mol. The lowest BCUT2D eigenvalue weighted by Crippen LogP contribution is -2.04. The van der Waals surface area contributed by atoms with E-state index in [9.17, 15) is 4.79 Å². The fourth-order valence-electron chi connectivity index (χ4n) is 1.72. The van der Waals surface area contributed by atoms with Crippen molar-refractivity contribution in [2.45, 2.75) is 58.8 Å². The second-order valence-electron chi connectivity index (χ2n) is 4.22. The van der Waals surface area contributed by atoms with E-state index in [2.05, 4.69) is 20.4 Å². The van der Waals surface area contributed by atoms with Gasteiger partial charge in [0.2, 0.25) is 0 Å². The highest BCUT2D eigenvalue weighted by Gasteiger charge is 2.09. The molecule has 0 saturated carbocycles. The van der Waals surface area contributed by atoms with Crippen LogP contribution in [0.1, 0.15) is 58.8 Å². The van der Waals surface area contributed by atoms with Crippen molar-refractivity contribution in [1.29, 1.82) is 0 Å². The monoisotopic (exact) mass is 212 g/mol. The highest BCUT2D eigenvalue weighted by Crippen LogP contribution is 2.20. The van der Waals surface area contributed by atoms with Gasteiger partial charge in [0.15, 0.2) is 0 Å². The second kappa shape index (κ2) is 8.51. The van der Waals surface area contributed by atoms with E-state index in [1.165, 1.54) is 25.7 Å². The van der Waals surface area contributed by atoms with E-state index < -0.39 is 5.97 Å². The molecule has 88 valence electrons. The quantitative estimate of drug-likeness (QED) is 0.463. The molecule has 0 heterocycles. The molecule has 0 aromatic carbocycles. The van der Waals surface area contributed by atoms with Crippen molar-refractivity contribution in [3.05, 3.63) is 12.2 Å². The molecule has 0 radical (unpaired) electrons. The van der Waals surface area contributed by atoms with Crippen LogP contribution < -0.4 is 0 Å². The van der Waals surface area contributed by atoms with Gasteiger partial charge in [-0.3, -0.25) is 0 Å². The number of hydrogen-bond acceptors (Lipinski definition) is 1. The molecule has 1 atom stereocenters. The Labute approximate surface area is 93.4 Å². The molecule has 15 heavy (non-hydrogen) atoms. The lowest BCUT2D eigenvalue weighted by molar-refractivity contribution is -0.132. The molecule has 0 aliphatic carbocycles. The Bertz CT molecular complexity index is 197. The van der Waals surface area contributed by atoms with Crippen molar-refractivity contribution >= 4 is 5.97 Å². The Hall–Kier alpha value is -0.790. The summed E-state index contributed by atoms with van der Waals surface area (Å²) in [6, 6.07) is 0. The smallest absolute Gasteiger partial charge is 0.330 e. The molecule has 2 heteroatoms. The van der Waals surface area contributed by atoms with Crippen LogP contribution in [0.4, 0.5) is 0 Å². The van der Waals surface area contributed by atoms with Gasteiger partial charge in [-0.2, -0.15) is 0 Å². The normalized spacial score (nSPS) is 12.4. The van der Waals surface area contributed by atoms with Crippen molar-refractivity contribution in [3.63, 3.8) is 0 Å². The van der Waals surface area contributed by atoms with Gasteiger partial charge in [-0.05, 0) is 18.8 Å². The van der Waals surface area contributed by atoms with Crippen LogP contribution in [-0.2, 0) is 4.79 Å². The minimum atomic E-state index is -0.849. The standard InChI is InChI=1S/C13H24O2/c1-4-6-7-8-12(5-2)10-9-11(3)13(14)15/h12H,3-10H2,1-2H3,(H,14,15). The number of carbonyl (C=O) groups is 1. The number of aliphatic carboxylic acids is 1. The lowest BCUT2D eigenvalue weighted by atomic mass is 9.92. The number of unbranched alkanes of at least 4 members (excludes halogenated alkanes) is 2. The zero-order chi connectivity index (χ0) is 11.7. The van der Waals surface area contributed by atoms with Gasteiger partial charge < -0.3 is 5.11 Å². The van der Waals surface area contributed by atoms with Crippen molar-refractivity contribution in [1.82, 2.24) is 0 Å². The van der Waals surface area contributed by atoms with Gasteiger partial charge >= 0.3 is 5.97 Å². The van der Waals surface area contributed by atoms with Crippen LogP contribution in [0.25, 0.3) is 0 Å². The fraction of sp³-hybridized carbons (Fsp3) is 0.769. The Morgan fingerprint density at radius 2 is 1.93 bits per heavy atom. The fourth-order valence-corrected chi connectivity index (χ4v) is 1.72. The van der Waals surface area contributed by atoms with Gasteiger partial charge in [0.05, 0.1) is 0 Å². The summed E-state index contributed by atoms with van der Waals surface area (Å²) < 4.78 is 0. The Morgan fingerprint density at radius 1 is 1.27 bits per heavy atom. The summed E-state index contributed by atoms with van der Waals surface area (Å²) >= 11 is 0. The molecule has 0 rings (SSSR count). The molecule has 0 saturated heterocycles. The van der Waals surface area contributed by atoms with E-state index in [4.69, 9.17) is 5.11 Å². The summed E-state index contributed by atoms with van der Waals surface area (Å²) in [6.07, 6.45) is 7.81. The molecular formula is C13H24O2. The summed E-state index contributed by atoms with van der Waals surface area (Å²) in [5.74, 6) is -0.175. The zero-order valence-corrected chi connectivity index (χ0v) is 10.1. The third kappa shape index (κ3) is 7.18. The third-order valence-electron chi connectivity index (χ3n) is 2.95. The first-order chi connectivity index (χ1) is 7.11. The van der Waals surface area contributed by atoms with Gasteiger partial charge in [-0.15, -0.1) is 0 Å². The van der Waals surface area contributed by atoms with E-state index in [-0.39, 0.29) is 0 Å². The molecule has 0 aromatic rings. The zero-order valence-electron chi connectivity index (χ0n) is 10.1. The Kier molecular flexibility index (Phi) is 8.06. The summed E-state index contributed by atoms with van der Waals surface area (Å²) in [7, 11) is 0. The first-order valence-electron chi connectivity index (χ1n) is 6.02. The topological polar surface area (TPSA) is 37.3 Å². The minimum absolute atomic E-state index is 0.351. The van der Waals surface area contributed by atoms with Crippen LogP contribution in [0, 0.1) is 5.92 Å². The van der Waals surface area contributed by atoms with Crippen LogP contribution in [0.5, 0.6) is 0 Å². The lowest BCUT2D eigenvalue weighted by Gasteiger charge is -2.14. The molecule has 0 aliphatic rings. The van der Waals surface area contributed by atoms with Crippen LogP contribution in [-0.4, -0.2) is 11.1 Å². The highest BCUT2D eigenvalue weighted by molar-refractivity contribution is 5.85. The molecule has 1 unspecified atom stereocenters. The van der Waals surface area contributed by atoms with E-state index in [1.54, 1.807) is 0 Å². The molecule has 0 aromatic heterocycles. The first-order valence-corrected chi connectivity index (χ1v) is 6.02. The predicted octanol–water partition coefficient (Wildman–Crippen LogP) is 4.01. The highest BCUT2D eigenvalue weighted by atomic mass is 16.4.